The molecule has 0 spiro atoms. The first kappa shape index (κ1) is 12.4. The second-order valence-electron chi connectivity index (χ2n) is 3.35. The van der Waals surface area contributed by atoms with Gasteiger partial charge in [0.05, 0.1) is 7.11 Å². The monoisotopic (exact) mass is 187 g/mol. The van der Waals surface area contributed by atoms with E-state index in [9.17, 15) is 4.79 Å². The van der Waals surface area contributed by atoms with Gasteiger partial charge in [-0.3, -0.25) is 4.79 Å². The van der Waals surface area contributed by atoms with Gasteiger partial charge in [-0.1, -0.05) is 26.7 Å². The molecule has 0 rings (SSSR count). The van der Waals surface area contributed by atoms with E-state index in [0.717, 1.165) is 12.8 Å². The van der Waals surface area contributed by atoms with Crippen LogP contribution >= 0.6 is 0 Å². The number of nitrogens with two attached hydrogens (primary N) is 1. The Labute approximate surface area is 80.6 Å². The van der Waals surface area contributed by atoms with Gasteiger partial charge in [0.15, 0.2) is 0 Å². The highest BCUT2D eigenvalue weighted by molar-refractivity contribution is 5.69. The van der Waals surface area contributed by atoms with Gasteiger partial charge in [0.1, 0.15) is 0 Å². The molecule has 0 aromatic rings. The largest absolute Gasteiger partial charge is 0.469 e. The van der Waals surface area contributed by atoms with E-state index in [-0.39, 0.29) is 11.9 Å². The maximum atomic E-state index is 11.0. The van der Waals surface area contributed by atoms with Crippen LogP contribution in [-0.4, -0.2) is 19.6 Å². The molecule has 0 saturated heterocycles. The number of esters is 1. The molecule has 0 amide bonds. The Hall–Kier alpha value is -0.570. The highest BCUT2D eigenvalue weighted by Gasteiger charge is 2.20. The van der Waals surface area contributed by atoms with E-state index in [1.54, 1.807) is 0 Å². The highest BCUT2D eigenvalue weighted by atomic mass is 16.5. The first-order valence-electron chi connectivity index (χ1n) is 4.96. The third-order valence-electron chi connectivity index (χ3n) is 2.67. The summed E-state index contributed by atoms with van der Waals surface area (Å²) in [4.78, 5) is 11.0. The fourth-order valence-corrected chi connectivity index (χ4v) is 1.70. The molecule has 0 aromatic heterocycles. The van der Waals surface area contributed by atoms with Crippen LogP contribution in [-0.2, 0) is 9.53 Å². The number of rotatable bonds is 6. The van der Waals surface area contributed by atoms with E-state index >= 15 is 0 Å². The molecule has 0 saturated carbocycles. The molecule has 0 aliphatic heterocycles. The van der Waals surface area contributed by atoms with Gasteiger partial charge in [-0.25, -0.2) is 0 Å². The number of carbonyl (C=O) groups is 1. The Balaban J connectivity index is 4.06. The molecule has 0 heterocycles. The average Bonchev–Trinajstić information content (AvgIpc) is 2.17. The molecule has 0 fully saturated rings. The van der Waals surface area contributed by atoms with Crippen LogP contribution in [0.15, 0.2) is 0 Å². The number of hydrogen-bond acceptors (Lipinski definition) is 3. The van der Waals surface area contributed by atoms with Gasteiger partial charge in [0.2, 0.25) is 0 Å². The number of ether oxygens (including phenoxy) is 1. The summed E-state index contributed by atoms with van der Waals surface area (Å²) >= 11 is 0. The Kier molecular flexibility index (Phi) is 6.59. The summed E-state index contributed by atoms with van der Waals surface area (Å²) in [6.45, 7) is 4.84. The summed E-state index contributed by atoms with van der Waals surface area (Å²) in [6, 6.07) is 0. The summed E-state index contributed by atoms with van der Waals surface area (Å²) in [5.41, 5.74) is 5.62. The molecule has 1 unspecified atom stereocenters. The normalized spacial score (nSPS) is 13.0. The first-order valence-corrected chi connectivity index (χ1v) is 4.96. The van der Waals surface area contributed by atoms with Crippen molar-refractivity contribution in [2.75, 3.05) is 13.7 Å². The van der Waals surface area contributed by atoms with Crippen molar-refractivity contribution in [3.05, 3.63) is 0 Å². The lowest BCUT2D eigenvalue weighted by Gasteiger charge is -2.22. The minimum atomic E-state index is -0.151. The lowest BCUT2D eigenvalue weighted by atomic mass is 9.85. The van der Waals surface area contributed by atoms with Crippen molar-refractivity contribution in [1.82, 2.24) is 0 Å². The van der Waals surface area contributed by atoms with E-state index in [2.05, 4.69) is 18.6 Å². The van der Waals surface area contributed by atoms with Crippen molar-refractivity contribution in [1.29, 1.82) is 0 Å². The van der Waals surface area contributed by atoms with Crippen molar-refractivity contribution < 1.29 is 9.53 Å². The lowest BCUT2D eigenvalue weighted by Crippen LogP contribution is -2.26. The van der Waals surface area contributed by atoms with E-state index in [1.807, 2.05) is 0 Å². The van der Waals surface area contributed by atoms with Gasteiger partial charge < -0.3 is 10.5 Å². The van der Waals surface area contributed by atoms with Crippen molar-refractivity contribution >= 4 is 5.97 Å². The maximum Gasteiger partial charge on any atom is 0.305 e. The summed E-state index contributed by atoms with van der Waals surface area (Å²) in [5.74, 6) is 0.675. The summed E-state index contributed by atoms with van der Waals surface area (Å²) in [6.07, 6.45) is 2.62. The van der Waals surface area contributed by atoms with Gasteiger partial charge >= 0.3 is 5.97 Å². The summed E-state index contributed by atoms with van der Waals surface area (Å²) in [7, 11) is 1.42. The standard InChI is InChI=1S/C10H21NO2/c1-4-8(5-2)9(7-11)6-10(12)13-3/h8-9H,4-7,11H2,1-3H3. The molecule has 1 atom stereocenters. The number of carbonyl (C=O) groups excluding carboxylic acids is 1. The van der Waals surface area contributed by atoms with Crippen molar-refractivity contribution in [3.8, 4) is 0 Å². The Bertz CT molecular complexity index is 144. The average molecular weight is 187 g/mol. The minimum Gasteiger partial charge on any atom is -0.469 e. The van der Waals surface area contributed by atoms with E-state index in [0.29, 0.717) is 18.9 Å². The van der Waals surface area contributed by atoms with Crippen LogP contribution in [0, 0.1) is 11.8 Å². The van der Waals surface area contributed by atoms with Gasteiger partial charge in [0, 0.05) is 6.42 Å². The van der Waals surface area contributed by atoms with Crippen molar-refractivity contribution in [3.63, 3.8) is 0 Å². The van der Waals surface area contributed by atoms with E-state index in [4.69, 9.17) is 5.73 Å². The third-order valence-corrected chi connectivity index (χ3v) is 2.67. The summed E-state index contributed by atoms with van der Waals surface area (Å²) < 4.78 is 4.63. The molecule has 3 heteroatoms. The molecule has 2 N–H and O–H groups in total. The second-order valence-corrected chi connectivity index (χ2v) is 3.35. The Morgan fingerprint density at radius 3 is 2.15 bits per heavy atom. The lowest BCUT2D eigenvalue weighted by molar-refractivity contribution is -0.142. The van der Waals surface area contributed by atoms with Crippen LogP contribution in [0.1, 0.15) is 33.1 Å². The molecule has 3 nitrogen and oxygen atoms in total. The third kappa shape index (κ3) is 4.27. The zero-order valence-corrected chi connectivity index (χ0v) is 8.88. The smallest absolute Gasteiger partial charge is 0.305 e. The van der Waals surface area contributed by atoms with Crippen LogP contribution in [0.2, 0.25) is 0 Å². The van der Waals surface area contributed by atoms with Crippen LogP contribution in [0.5, 0.6) is 0 Å². The Morgan fingerprint density at radius 1 is 1.31 bits per heavy atom. The van der Waals surface area contributed by atoms with Gasteiger partial charge in [0.25, 0.3) is 0 Å². The van der Waals surface area contributed by atoms with Crippen LogP contribution < -0.4 is 5.73 Å². The molecule has 0 radical (unpaired) electrons. The van der Waals surface area contributed by atoms with E-state index < -0.39 is 0 Å². The molecule has 0 aliphatic rings. The highest BCUT2D eigenvalue weighted by Crippen LogP contribution is 2.21. The SMILES string of the molecule is CCC(CC)C(CN)CC(=O)OC. The first-order chi connectivity index (χ1) is 6.19. The summed E-state index contributed by atoms with van der Waals surface area (Å²) in [5, 5.41) is 0. The zero-order valence-electron chi connectivity index (χ0n) is 8.88. The molecule has 0 aromatic carbocycles. The molecular weight excluding hydrogens is 166 g/mol. The molecule has 0 bridgehead atoms. The van der Waals surface area contributed by atoms with Crippen LogP contribution in [0.4, 0.5) is 0 Å². The fraction of sp³-hybridized carbons (Fsp3) is 0.900. The molecule has 13 heavy (non-hydrogen) atoms. The molecular formula is C10H21NO2. The Morgan fingerprint density at radius 2 is 1.85 bits per heavy atom. The van der Waals surface area contributed by atoms with Gasteiger partial charge in [-0.15, -0.1) is 0 Å². The predicted octanol–water partition coefficient (Wildman–Crippen LogP) is 1.56. The van der Waals surface area contributed by atoms with Crippen LogP contribution in [0.3, 0.4) is 0 Å². The quantitative estimate of drug-likeness (QED) is 0.642. The zero-order chi connectivity index (χ0) is 10.3. The molecule has 78 valence electrons. The number of methoxy groups -OCH3 is 1. The fourth-order valence-electron chi connectivity index (χ4n) is 1.70. The van der Waals surface area contributed by atoms with Crippen molar-refractivity contribution in [2.45, 2.75) is 33.1 Å². The molecule has 0 aliphatic carbocycles. The van der Waals surface area contributed by atoms with Crippen LogP contribution in [0.25, 0.3) is 0 Å². The number of hydrogen-bond donors (Lipinski definition) is 1. The minimum absolute atomic E-state index is 0.151. The predicted molar refractivity (Wildman–Crippen MR) is 53.2 cm³/mol. The second kappa shape index (κ2) is 6.89. The van der Waals surface area contributed by atoms with Gasteiger partial charge in [-0.05, 0) is 18.4 Å². The maximum absolute atomic E-state index is 11.0. The van der Waals surface area contributed by atoms with Crippen molar-refractivity contribution in [2.24, 2.45) is 17.6 Å². The topological polar surface area (TPSA) is 52.3 Å². The van der Waals surface area contributed by atoms with Gasteiger partial charge in [-0.2, -0.15) is 0 Å². The van der Waals surface area contributed by atoms with E-state index in [1.165, 1.54) is 7.11 Å².